The van der Waals surface area contributed by atoms with Gasteiger partial charge in [-0.15, -0.1) is 0 Å². The lowest BCUT2D eigenvalue weighted by Gasteiger charge is -2.53. The summed E-state index contributed by atoms with van der Waals surface area (Å²) in [5, 5.41) is 2.90. The summed E-state index contributed by atoms with van der Waals surface area (Å²) in [5.74, 6) is 1.22. The van der Waals surface area contributed by atoms with E-state index in [-0.39, 0.29) is 17.4 Å². The molecule has 2 saturated heterocycles. The summed E-state index contributed by atoms with van der Waals surface area (Å²) in [5.41, 5.74) is 0.192. The van der Waals surface area contributed by atoms with Crippen molar-refractivity contribution in [3.8, 4) is 0 Å². The Labute approximate surface area is 147 Å². The molecule has 0 aromatic carbocycles. The van der Waals surface area contributed by atoms with Gasteiger partial charge in [-0.2, -0.15) is 0 Å². The van der Waals surface area contributed by atoms with Gasteiger partial charge in [0.15, 0.2) is 0 Å². The van der Waals surface area contributed by atoms with Crippen molar-refractivity contribution in [1.29, 1.82) is 0 Å². The van der Waals surface area contributed by atoms with Crippen molar-refractivity contribution in [3.63, 3.8) is 0 Å². The van der Waals surface area contributed by atoms with Crippen molar-refractivity contribution in [2.24, 2.45) is 17.8 Å². The summed E-state index contributed by atoms with van der Waals surface area (Å²) < 4.78 is 6.09. The molecule has 2 amide bonds. The Balaban J connectivity index is 1.19. The topological polar surface area (TPSA) is 84.4 Å². The zero-order valence-electron chi connectivity index (χ0n) is 14.5. The molecule has 1 N–H and O–H groups in total. The summed E-state index contributed by atoms with van der Waals surface area (Å²) in [6.07, 6.45) is 7.50. The molecule has 0 bridgehead atoms. The molecule has 2 aliphatic heterocycles. The Morgan fingerprint density at radius 3 is 2.80 bits per heavy atom. The molecular formula is C18H24N4O3. The minimum atomic E-state index is -0.202. The first-order chi connectivity index (χ1) is 12.1. The van der Waals surface area contributed by atoms with Crippen LogP contribution in [0.5, 0.6) is 0 Å². The van der Waals surface area contributed by atoms with Crippen molar-refractivity contribution in [2.45, 2.75) is 31.8 Å². The highest BCUT2D eigenvalue weighted by molar-refractivity contribution is 5.91. The number of hydrogen-bond acceptors (Lipinski definition) is 5. The highest BCUT2D eigenvalue weighted by Gasteiger charge is 2.52. The maximum absolute atomic E-state index is 12.2. The van der Waals surface area contributed by atoms with E-state index in [0.29, 0.717) is 36.6 Å². The number of aromatic nitrogens is 2. The van der Waals surface area contributed by atoms with Gasteiger partial charge >= 0.3 is 0 Å². The lowest BCUT2D eigenvalue weighted by molar-refractivity contribution is -0.189. The summed E-state index contributed by atoms with van der Waals surface area (Å²) in [7, 11) is 0. The van der Waals surface area contributed by atoms with Crippen molar-refractivity contribution in [1.82, 2.24) is 20.2 Å². The second-order valence-electron chi connectivity index (χ2n) is 7.71. The van der Waals surface area contributed by atoms with Crippen LogP contribution in [0.1, 0.15) is 36.7 Å². The molecule has 1 aliphatic carbocycles. The molecule has 134 valence electrons. The molecule has 1 saturated carbocycles. The van der Waals surface area contributed by atoms with Crippen LogP contribution in [-0.4, -0.2) is 58.5 Å². The first kappa shape index (κ1) is 16.4. The number of hydrogen-bond donors (Lipinski definition) is 1. The minimum Gasteiger partial charge on any atom is -0.371 e. The zero-order valence-corrected chi connectivity index (χ0v) is 14.5. The Morgan fingerprint density at radius 1 is 1.40 bits per heavy atom. The van der Waals surface area contributed by atoms with Gasteiger partial charge < -0.3 is 15.0 Å². The molecule has 1 aromatic rings. The smallest absolute Gasteiger partial charge is 0.271 e. The Bertz CT molecular complexity index is 650. The minimum absolute atomic E-state index is 0.140. The van der Waals surface area contributed by atoms with Crippen molar-refractivity contribution in [3.05, 3.63) is 24.3 Å². The van der Waals surface area contributed by atoms with Gasteiger partial charge in [-0.1, -0.05) is 6.92 Å². The third-order valence-electron chi connectivity index (χ3n) is 5.68. The van der Waals surface area contributed by atoms with Crippen LogP contribution in [0.4, 0.5) is 0 Å². The fraction of sp³-hybridized carbons (Fsp3) is 0.667. The zero-order chi connectivity index (χ0) is 17.4. The summed E-state index contributed by atoms with van der Waals surface area (Å²) in [4.78, 5) is 34.1. The molecule has 4 rings (SSSR count). The lowest BCUT2D eigenvalue weighted by atomic mass is 9.82. The van der Waals surface area contributed by atoms with Gasteiger partial charge in [0.2, 0.25) is 5.91 Å². The van der Waals surface area contributed by atoms with Crippen LogP contribution < -0.4 is 5.32 Å². The Kier molecular flexibility index (Phi) is 4.19. The van der Waals surface area contributed by atoms with E-state index < -0.39 is 0 Å². The number of nitrogens with zero attached hydrogens (tertiary/aromatic N) is 3. The van der Waals surface area contributed by atoms with Gasteiger partial charge in [-0.25, -0.2) is 4.98 Å². The fourth-order valence-electron chi connectivity index (χ4n) is 3.78. The average Bonchev–Trinajstić information content (AvgIpc) is 3.35. The van der Waals surface area contributed by atoms with E-state index in [1.807, 2.05) is 4.90 Å². The summed E-state index contributed by atoms with van der Waals surface area (Å²) in [6.45, 7) is 4.80. The standard InChI is InChI=1S/C18H24N4O3/c1-12-6-14(12)17(24)22-10-18(11-22)3-2-13(9-25-18)7-21-16(23)15-8-19-4-5-20-15/h4-5,8,12-14H,2-3,6-7,9-11H2,1H3,(H,21,23)/t12-,13+,14-/m1/s1. The van der Waals surface area contributed by atoms with Crippen LogP contribution in [-0.2, 0) is 9.53 Å². The van der Waals surface area contributed by atoms with E-state index in [2.05, 4.69) is 22.2 Å². The molecule has 25 heavy (non-hydrogen) atoms. The van der Waals surface area contributed by atoms with Gasteiger partial charge in [0, 0.05) is 24.9 Å². The predicted molar refractivity (Wildman–Crippen MR) is 89.6 cm³/mol. The van der Waals surface area contributed by atoms with E-state index in [0.717, 1.165) is 32.4 Å². The highest BCUT2D eigenvalue weighted by Crippen LogP contribution is 2.43. The highest BCUT2D eigenvalue weighted by atomic mass is 16.5. The number of rotatable bonds is 4. The summed E-state index contributed by atoms with van der Waals surface area (Å²) >= 11 is 0. The molecule has 3 aliphatic rings. The molecule has 7 heteroatoms. The maximum Gasteiger partial charge on any atom is 0.271 e. The molecule has 1 spiro atoms. The molecule has 3 heterocycles. The molecule has 7 nitrogen and oxygen atoms in total. The lowest BCUT2D eigenvalue weighted by Crippen LogP contribution is -2.66. The molecule has 0 unspecified atom stereocenters. The van der Waals surface area contributed by atoms with E-state index in [4.69, 9.17) is 4.74 Å². The number of amides is 2. The normalized spacial score (nSPS) is 29.8. The van der Waals surface area contributed by atoms with E-state index in [1.54, 1.807) is 6.20 Å². The third-order valence-corrected chi connectivity index (χ3v) is 5.68. The number of ether oxygens (including phenoxy) is 1. The fourth-order valence-corrected chi connectivity index (χ4v) is 3.78. The van der Waals surface area contributed by atoms with Gasteiger partial charge in [0.05, 0.1) is 25.9 Å². The van der Waals surface area contributed by atoms with Gasteiger partial charge in [0.1, 0.15) is 11.3 Å². The quantitative estimate of drug-likeness (QED) is 0.876. The maximum atomic E-state index is 12.2. The van der Waals surface area contributed by atoms with Crippen LogP contribution in [0.3, 0.4) is 0 Å². The Morgan fingerprint density at radius 2 is 2.20 bits per heavy atom. The molecular weight excluding hydrogens is 320 g/mol. The van der Waals surface area contributed by atoms with E-state index in [1.165, 1.54) is 12.4 Å². The molecule has 1 aromatic heterocycles. The SMILES string of the molecule is C[C@@H]1C[C@H]1C(=O)N1CC2(CC[C@@H](CNC(=O)c3cnccn3)CO2)C1. The van der Waals surface area contributed by atoms with Crippen LogP contribution in [0.2, 0.25) is 0 Å². The van der Waals surface area contributed by atoms with Gasteiger partial charge in [-0.05, 0) is 31.1 Å². The van der Waals surface area contributed by atoms with Crippen molar-refractivity contribution in [2.75, 3.05) is 26.2 Å². The largest absolute Gasteiger partial charge is 0.371 e. The number of nitrogens with one attached hydrogen (secondary N) is 1. The number of likely N-dealkylation sites (tertiary alicyclic amines) is 1. The number of carbonyl (C=O) groups is 2. The predicted octanol–water partition coefficient (Wildman–Crippen LogP) is 0.870. The van der Waals surface area contributed by atoms with Crippen LogP contribution >= 0.6 is 0 Å². The molecule has 0 radical (unpaired) electrons. The van der Waals surface area contributed by atoms with E-state index in [9.17, 15) is 9.59 Å². The third kappa shape index (κ3) is 3.38. The van der Waals surface area contributed by atoms with Crippen molar-refractivity contribution >= 4 is 11.8 Å². The van der Waals surface area contributed by atoms with Gasteiger partial charge in [0.25, 0.3) is 5.91 Å². The first-order valence-corrected chi connectivity index (χ1v) is 9.03. The molecule has 3 atom stereocenters. The van der Waals surface area contributed by atoms with Gasteiger partial charge in [-0.3, -0.25) is 14.6 Å². The van der Waals surface area contributed by atoms with E-state index >= 15 is 0 Å². The van der Waals surface area contributed by atoms with Crippen LogP contribution in [0.15, 0.2) is 18.6 Å². The second-order valence-corrected chi connectivity index (χ2v) is 7.71. The molecule has 3 fully saturated rings. The second kappa shape index (κ2) is 6.37. The van der Waals surface area contributed by atoms with Crippen LogP contribution in [0, 0.1) is 17.8 Å². The van der Waals surface area contributed by atoms with Crippen LogP contribution in [0.25, 0.3) is 0 Å². The summed E-state index contributed by atoms with van der Waals surface area (Å²) in [6, 6.07) is 0. The average molecular weight is 344 g/mol. The first-order valence-electron chi connectivity index (χ1n) is 9.03. The van der Waals surface area contributed by atoms with Crippen molar-refractivity contribution < 1.29 is 14.3 Å². The monoisotopic (exact) mass is 344 g/mol. The number of carbonyl (C=O) groups excluding carboxylic acids is 2. The Hall–Kier alpha value is -2.02.